The summed E-state index contributed by atoms with van der Waals surface area (Å²) in [5, 5.41) is 10.1. The molecule has 0 bridgehead atoms. The molecule has 2 aromatic heterocycles. The van der Waals surface area contributed by atoms with Crippen molar-refractivity contribution in [3.8, 4) is 0 Å². The number of aromatic nitrogens is 3. The molecule has 0 unspecified atom stereocenters. The Morgan fingerprint density at radius 1 is 1.36 bits per heavy atom. The highest BCUT2D eigenvalue weighted by molar-refractivity contribution is 5.93. The Morgan fingerprint density at radius 2 is 2.14 bits per heavy atom. The predicted molar refractivity (Wildman–Crippen MR) is 100 cm³/mol. The van der Waals surface area contributed by atoms with Crippen molar-refractivity contribution in [1.29, 1.82) is 0 Å². The van der Waals surface area contributed by atoms with Gasteiger partial charge in [-0.3, -0.25) is 14.3 Å². The van der Waals surface area contributed by atoms with Crippen LogP contribution in [0.1, 0.15) is 46.8 Å². The lowest BCUT2D eigenvalue weighted by molar-refractivity contribution is -0.127. The van der Waals surface area contributed by atoms with Gasteiger partial charge in [0.25, 0.3) is 5.91 Å². The molecule has 3 atom stereocenters. The maximum Gasteiger partial charge on any atom is 0.273 e. The summed E-state index contributed by atoms with van der Waals surface area (Å²) in [6, 6.07) is -0.266. The van der Waals surface area contributed by atoms with Crippen LogP contribution in [0.2, 0.25) is 0 Å². The topological polar surface area (TPSA) is 111 Å². The molecule has 2 aromatic rings. The fourth-order valence-corrected chi connectivity index (χ4v) is 3.62. The first-order valence-corrected chi connectivity index (χ1v) is 9.39. The van der Waals surface area contributed by atoms with Gasteiger partial charge in [0.1, 0.15) is 5.76 Å². The van der Waals surface area contributed by atoms with Crippen LogP contribution in [0.15, 0.2) is 17.0 Å². The quantitative estimate of drug-likeness (QED) is 0.769. The summed E-state index contributed by atoms with van der Waals surface area (Å²) >= 11 is 0. The minimum Gasteiger partial charge on any atom is -0.448 e. The van der Waals surface area contributed by atoms with Crippen molar-refractivity contribution in [3.63, 3.8) is 0 Å². The van der Waals surface area contributed by atoms with Gasteiger partial charge in [0.05, 0.1) is 18.3 Å². The Kier molecular flexibility index (Phi) is 6.13. The van der Waals surface area contributed by atoms with Gasteiger partial charge in [-0.1, -0.05) is 0 Å². The number of hydrogen-bond donors (Lipinski definition) is 2. The summed E-state index contributed by atoms with van der Waals surface area (Å²) in [5.41, 5.74) is 2.28. The van der Waals surface area contributed by atoms with Gasteiger partial charge >= 0.3 is 0 Å². The van der Waals surface area contributed by atoms with Crippen molar-refractivity contribution in [2.75, 3.05) is 7.11 Å². The van der Waals surface area contributed by atoms with Gasteiger partial charge in [-0.2, -0.15) is 5.10 Å². The van der Waals surface area contributed by atoms with Crippen LogP contribution in [0.4, 0.5) is 0 Å². The molecule has 1 aliphatic rings. The standard InChI is InChI=1S/C19H27N5O4/c1-11-14(9-22-24(11)3)8-20-18(25)13-5-6-16(27-4)15(7-13)23-19(26)17-12(2)28-10-21-17/h9-10,13,15-16H,5-8H2,1-4H3,(H,20,25)(H,23,26)/t13-,15+,16+/m0/s1. The average molecular weight is 389 g/mol. The van der Waals surface area contributed by atoms with Gasteiger partial charge in [-0.05, 0) is 33.1 Å². The molecule has 9 nitrogen and oxygen atoms in total. The van der Waals surface area contributed by atoms with E-state index in [4.69, 9.17) is 9.15 Å². The molecule has 28 heavy (non-hydrogen) atoms. The molecule has 3 rings (SSSR count). The molecule has 1 fully saturated rings. The summed E-state index contributed by atoms with van der Waals surface area (Å²) < 4.78 is 12.4. The molecule has 0 aliphatic heterocycles. The van der Waals surface area contributed by atoms with Crippen LogP contribution in [-0.2, 0) is 23.1 Å². The molecule has 9 heteroatoms. The third-order valence-corrected chi connectivity index (χ3v) is 5.53. The van der Waals surface area contributed by atoms with Gasteiger partial charge < -0.3 is 19.8 Å². The van der Waals surface area contributed by atoms with Crippen LogP contribution in [0.3, 0.4) is 0 Å². The van der Waals surface area contributed by atoms with Crippen molar-refractivity contribution in [3.05, 3.63) is 35.3 Å². The number of aryl methyl sites for hydroxylation is 2. The first-order chi connectivity index (χ1) is 13.4. The zero-order valence-corrected chi connectivity index (χ0v) is 16.7. The van der Waals surface area contributed by atoms with E-state index < -0.39 is 0 Å². The highest BCUT2D eigenvalue weighted by Crippen LogP contribution is 2.27. The molecule has 1 aliphatic carbocycles. The van der Waals surface area contributed by atoms with Gasteiger partial charge in [0.2, 0.25) is 5.91 Å². The van der Waals surface area contributed by atoms with Crippen LogP contribution in [0.5, 0.6) is 0 Å². The first kappa shape index (κ1) is 20.1. The predicted octanol–water partition coefficient (Wildman–Crippen LogP) is 1.25. The second-order valence-corrected chi connectivity index (χ2v) is 7.22. The normalized spacial score (nSPS) is 22.1. The van der Waals surface area contributed by atoms with Crippen molar-refractivity contribution < 1.29 is 18.7 Å². The van der Waals surface area contributed by atoms with E-state index in [0.717, 1.165) is 11.3 Å². The number of amides is 2. The maximum atomic E-state index is 12.7. The second-order valence-electron chi connectivity index (χ2n) is 7.22. The molecule has 0 aromatic carbocycles. The fourth-order valence-electron chi connectivity index (χ4n) is 3.62. The molecule has 152 valence electrons. The lowest BCUT2D eigenvalue weighted by Gasteiger charge is -2.35. The summed E-state index contributed by atoms with van der Waals surface area (Å²) in [6.07, 6.45) is 4.80. The largest absolute Gasteiger partial charge is 0.448 e. The van der Waals surface area contributed by atoms with Crippen LogP contribution >= 0.6 is 0 Å². The van der Waals surface area contributed by atoms with E-state index in [-0.39, 0.29) is 35.6 Å². The number of nitrogens with one attached hydrogen (secondary N) is 2. The molecular formula is C19H27N5O4. The van der Waals surface area contributed by atoms with Crippen LogP contribution in [0, 0.1) is 19.8 Å². The third kappa shape index (κ3) is 4.24. The number of nitrogens with zero attached hydrogens (tertiary/aromatic N) is 3. The average Bonchev–Trinajstić information content (AvgIpc) is 3.25. The Balaban J connectivity index is 1.60. The molecule has 0 spiro atoms. The molecular weight excluding hydrogens is 362 g/mol. The summed E-state index contributed by atoms with van der Waals surface area (Å²) in [7, 11) is 3.49. The van der Waals surface area contributed by atoms with Crippen LogP contribution in [-0.4, -0.2) is 45.8 Å². The summed E-state index contributed by atoms with van der Waals surface area (Å²) in [5.74, 6) is -0.0597. The number of rotatable bonds is 6. The highest BCUT2D eigenvalue weighted by atomic mass is 16.5. The highest BCUT2D eigenvalue weighted by Gasteiger charge is 2.35. The molecule has 1 saturated carbocycles. The zero-order valence-electron chi connectivity index (χ0n) is 16.7. The van der Waals surface area contributed by atoms with E-state index in [1.165, 1.54) is 6.39 Å². The monoisotopic (exact) mass is 389 g/mol. The molecule has 2 N–H and O–H groups in total. The summed E-state index contributed by atoms with van der Waals surface area (Å²) in [6.45, 7) is 4.10. The second kappa shape index (κ2) is 8.55. The van der Waals surface area contributed by atoms with E-state index in [1.54, 1.807) is 24.9 Å². The molecule has 0 radical (unpaired) electrons. The fraction of sp³-hybridized carbons (Fsp3) is 0.579. The summed E-state index contributed by atoms with van der Waals surface area (Å²) in [4.78, 5) is 29.1. The lowest BCUT2D eigenvalue weighted by Crippen LogP contribution is -2.50. The van der Waals surface area contributed by atoms with Gasteiger partial charge in [-0.15, -0.1) is 0 Å². The Labute approximate surface area is 163 Å². The SMILES string of the molecule is CO[C@@H]1CC[C@H](C(=O)NCc2cnn(C)c2C)C[C@H]1NC(=O)c1ncoc1C. The number of carbonyl (C=O) groups excluding carboxylic acids is 2. The number of hydrogen-bond acceptors (Lipinski definition) is 6. The van der Waals surface area contributed by atoms with Crippen molar-refractivity contribution in [2.45, 2.75) is 51.8 Å². The minimum atomic E-state index is -0.314. The Bertz CT molecular complexity index is 843. The van der Waals surface area contributed by atoms with Crippen LogP contribution < -0.4 is 10.6 Å². The number of oxazole rings is 1. The van der Waals surface area contributed by atoms with E-state index in [1.807, 2.05) is 14.0 Å². The molecule has 2 amide bonds. The maximum absolute atomic E-state index is 12.7. The first-order valence-electron chi connectivity index (χ1n) is 9.39. The number of carbonyl (C=O) groups is 2. The van der Waals surface area contributed by atoms with Crippen molar-refractivity contribution >= 4 is 11.8 Å². The number of methoxy groups -OCH3 is 1. The van der Waals surface area contributed by atoms with E-state index in [9.17, 15) is 9.59 Å². The zero-order chi connectivity index (χ0) is 20.3. The Hall–Kier alpha value is -2.68. The molecule has 2 heterocycles. The molecule has 0 saturated heterocycles. The van der Waals surface area contributed by atoms with Crippen molar-refractivity contribution in [1.82, 2.24) is 25.4 Å². The van der Waals surface area contributed by atoms with E-state index >= 15 is 0 Å². The lowest BCUT2D eigenvalue weighted by atomic mass is 9.83. The van der Waals surface area contributed by atoms with Gasteiger partial charge in [0.15, 0.2) is 12.1 Å². The van der Waals surface area contributed by atoms with Crippen molar-refractivity contribution in [2.24, 2.45) is 13.0 Å². The van der Waals surface area contributed by atoms with E-state index in [2.05, 4.69) is 20.7 Å². The van der Waals surface area contributed by atoms with Crippen LogP contribution in [0.25, 0.3) is 0 Å². The van der Waals surface area contributed by atoms with E-state index in [0.29, 0.717) is 31.6 Å². The number of ether oxygens (including phenoxy) is 1. The van der Waals surface area contributed by atoms with Gasteiger partial charge in [0, 0.05) is 37.9 Å². The van der Waals surface area contributed by atoms with Gasteiger partial charge in [-0.25, -0.2) is 4.98 Å². The Morgan fingerprint density at radius 3 is 2.75 bits per heavy atom. The smallest absolute Gasteiger partial charge is 0.273 e. The third-order valence-electron chi connectivity index (χ3n) is 5.53. The minimum absolute atomic E-state index is 0.0188.